The minimum absolute atomic E-state index is 0.193. The van der Waals surface area contributed by atoms with E-state index in [1.165, 1.54) is 6.07 Å². The number of fused-ring (bicyclic) bond motifs is 1. The summed E-state index contributed by atoms with van der Waals surface area (Å²) in [5.41, 5.74) is -0.841. The van der Waals surface area contributed by atoms with Crippen molar-refractivity contribution in [2.24, 2.45) is 0 Å². The molecule has 1 saturated heterocycles. The lowest BCUT2D eigenvalue weighted by Crippen LogP contribution is -2.60. The molecule has 1 fully saturated rings. The largest absolute Gasteiger partial charge is 0.507 e. The Kier molecular flexibility index (Phi) is 5.50. The standard InChI is InChI=1S/C18H22O10/c1-6(2)10-4-8(21)12-7(20)3-9(22)16(17(12)26-10)28-18-15(25)14(24)13(23)11(5-19)27-18/h3-4,6,11,13-15,18-20,22-25H,5H2,1-2H3. The van der Waals surface area contributed by atoms with E-state index in [-0.39, 0.29) is 22.6 Å². The van der Waals surface area contributed by atoms with Crippen LogP contribution in [0.2, 0.25) is 0 Å². The molecule has 10 heteroatoms. The van der Waals surface area contributed by atoms with Gasteiger partial charge in [-0.15, -0.1) is 0 Å². The Labute approximate surface area is 158 Å². The molecule has 0 spiro atoms. The number of benzene rings is 1. The van der Waals surface area contributed by atoms with Crippen molar-refractivity contribution >= 4 is 11.0 Å². The molecule has 154 valence electrons. The summed E-state index contributed by atoms with van der Waals surface area (Å²) in [5, 5.41) is 59.1. The summed E-state index contributed by atoms with van der Waals surface area (Å²) in [6, 6.07) is 2.08. The maximum Gasteiger partial charge on any atom is 0.229 e. The van der Waals surface area contributed by atoms with Crippen LogP contribution in [0.4, 0.5) is 0 Å². The monoisotopic (exact) mass is 398 g/mol. The number of aliphatic hydroxyl groups is 4. The quantitative estimate of drug-likeness (QED) is 0.395. The molecule has 2 heterocycles. The van der Waals surface area contributed by atoms with Gasteiger partial charge < -0.3 is 44.5 Å². The zero-order chi connectivity index (χ0) is 20.7. The van der Waals surface area contributed by atoms with Gasteiger partial charge in [0, 0.05) is 18.1 Å². The molecule has 0 aliphatic carbocycles. The van der Waals surface area contributed by atoms with E-state index in [2.05, 4.69) is 0 Å². The third-order valence-electron chi connectivity index (χ3n) is 4.59. The number of rotatable bonds is 4. The molecule has 1 aliphatic heterocycles. The molecule has 10 nitrogen and oxygen atoms in total. The van der Waals surface area contributed by atoms with Gasteiger partial charge in [-0.1, -0.05) is 13.8 Å². The zero-order valence-electron chi connectivity index (χ0n) is 15.1. The first-order valence-corrected chi connectivity index (χ1v) is 8.65. The lowest BCUT2D eigenvalue weighted by atomic mass is 9.99. The van der Waals surface area contributed by atoms with E-state index >= 15 is 0 Å². The van der Waals surface area contributed by atoms with Gasteiger partial charge in [0.2, 0.25) is 12.0 Å². The fraction of sp³-hybridized carbons (Fsp3) is 0.500. The van der Waals surface area contributed by atoms with E-state index in [4.69, 9.17) is 13.9 Å². The van der Waals surface area contributed by atoms with Crippen LogP contribution in [0.25, 0.3) is 11.0 Å². The SMILES string of the molecule is CC(C)c1cc(=O)c2c(O)cc(O)c(OC3OC(CO)C(O)C(O)C3O)c2o1. The van der Waals surface area contributed by atoms with Gasteiger partial charge in [-0.2, -0.15) is 0 Å². The fourth-order valence-corrected chi connectivity index (χ4v) is 2.98. The summed E-state index contributed by atoms with van der Waals surface area (Å²) >= 11 is 0. The normalized spacial score (nSPS) is 28.0. The topological polar surface area (TPSA) is 170 Å². The highest BCUT2D eigenvalue weighted by Gasteiger charge is 2.45. The predicted octanol–water partition coefficient (Wildman–Crippen LogP) is -0.494. The molecule has 1 aliphatic rings. The molecule has 1 aromatic carbocycles. The van der Waals surface area contributed by atoms with E-state index in [9.17, 15) is 35.4 Å². The predicted molar refractivity (Wildman–Crippen MR) is 94.3 cm³/mol. The van der Waals surface area contributed by atoms with Gasteiger partial charge in [0.05, 0.1) is 6.61 Å². The third-order valence-corrected chi connectivity index (χ3v) is 4.59. The van der Waals surface area contributed by atoms with Crippen molar-refractivity contribution in [1.29, 1.82) is 0 Å². The van der Waals surface area contributed by atoms with Crippen LogP contribution in [0.1, 0.15) is 25.5 Å². The van der Waals surface area contributed by atoms with Gasteiger partial charge in [0.15, 0.2) is 16.8 Å². The second kappa shape index (κ2) is 7.57. The van der Waals surface area contributed by atoms with Crippen molar-refractivity contribution in [3.8, 4) is 17.2 Å². The molecule has 0 amide bonds. The van der Waals surface area contributed by atoms with E-state index in [0.717, 1.165) is 6.07 Å². The molecule has 5 unspecified atom stereocenters. The number of ether oxygens (including phenoxy) is 2. The summed E-state index contributed by atoms with van der Waals surface area (Å²) in [7, 11) is 0. The molecule has 0 radical (unpaired) electrons. The van der Waals surface area contributed by atoms with E-state index in [1.54, 1.807) is 13.8 Å². The summed E-state index contributed by atoms with van der Waals surface area (Å²) in [5.74, 6) is -1.47. The van der Waals surface area contributed by atoms with Gasteiger partial charge >= 0.3 is 0 Å². The Morgan fingerprint density at radius 1 is 1.07 bits per heavy atom. The number of phenolic OH excluding ortho intramolecular Hbond substituents is 2. The minimum atomic E-state index is -1.74. The first kappa shape index (κ1) is 20.4. The van der Waals surface area contributed by atoms with Gasteiger partial charge in [-0.05, 0) is 0 Å². The average molecular weight is 398 g/mol. The Balaban J connectivity index is 2.11. The maximum atomic E-state index is 12.4. The number of aliphatic hydroxyl groups excluding tert-OH is 4. The molecular weight excluding hydrogens is 376 g/mol. The second-order valence-electron chi connectivity index (χ2n) is 6.93. The summed E-state index contributed by atoms with van der Waals surface area (Å²) in [6.07, 6.45) is -7.86. The number of hydrogen-bond donors (Lipinski definition) is 6. The van der Waals surface area contributed by atoms with Crippen molar-refractivity contribution in [2.45, 2.75) is 50.5 Å². The first-order chi connectivity index (χ1) is 13.1. The van der Waals surface area contributed by atoms with Crippen LogP contribution in [0.3, 0.4) is 0 Å². The van der Waals surface area contributed by atoms with E-state index in [1.807, 2.05) is 0 Å². The van der Waals surface area contributed by atoms with Crippen LogP contribution in [-0.2, 0) is 4.74 Å². The Hall–Kier alpha value is -2.37. The van der Waals surface area contributed by atoms with Gasteiger partial charge in [0.1, 0.15) is 41.3 Å². The molecule has 2 aromatic rings. The van der Waals surface area contributed by atoms with Crippen molar-refractivity contribution in [1.82, 2.24) is 0 Å². The van der Waals surface area contributed by atoms with Crippen LogP contribution in [0.5, 0.6) is 17.2 Å². The molecular formula is C18H22O10. The molecule has 1 aromatic heterocycles. The van der Waals surface area contributed by atoms with Gasteiger partial charge in [0.25, 0.3) is 0 Å². The van der Waals surface area contributed by atoms with Crippen LogP contribution >= 0.6 is 0 Å². The molecule has 6 N–H and O–H groups in total. The summed E-state index contributed by atoms with van der Waals surface area (Å²) < 4.78 is 16.3. The lowest BCUT2D eigenvalue weighted by Gasteiger charge is -2.39. The average Bonchev–Trinajstić information content (AvgIpc) is 2.64. The molecule has 28 heavy (non-hydrogen) atoms. The highest BCUT2D eigenvalue weighted by atomic mass is 16.7. The molecule has 0 saturated carbocycles. The van der Waals surface area contributed by atoms with Crippen molar-refractivity contribution in [2.75, 3.05) is 6.61 Å². The van der Waals surface area contributed by atoms with E-state index in [0.29, 0.717) is 0 Å². The second-order valence-corrected chi connectivity index (χ2v) is 6.93. The fourth-order valence-electron chi connectivity index (χ4n) is 2.98. The van der Waals surface area contributed by atoms with E-state index < -0.39 is 60.0 Å². The zero-order valence-corrected chi connectivity index (χ0v) is 15.1. The third kappa shape index (κ3) is 3.40. The Bertz CT molecular complexity index is 919. The van der Waals surface area contributed by atoms with Crippen molar-refractivity contribution in [3.05, 3.63) is 28.1 Å². The van der Waals surface area contributed by atoms with Crippen molar-refractivity contribution in [3.63, 3.8) is 0 Å². The number of hydrogen-bond acceptors (Lipinski definition) is 10. The van der Waals surface area contributed by atoms with Crippen molar-refractivity contribution < 1.29 is 44.5 Å². The molecule has 5 atom stereocenters. The van der Waals surface area contributed by atoms with Gasteiger partial charge in [-0.25, -0.2) is 0 Å². The maximum absolute atomic E-state index is 12.4. The van der Waals surface area contributed by atoms with Crippen LogP contribution < -0.4 is 10.2 Å². The highest BCUT2D eigenvalue weighted by molar-refractivity contribution is 5.90. The summed E-state index contributed by atoms with van der Waals surface area (Å²) in [4.78, 5) is 12.4. The smallest absolute Gasteiger partial charge is 0.229 e. The highest BCUT2D eigenvalue weighted by Crippen LogP contribution is 2.41. The first-order valence-electron chi connectivity index (χ1n) is 8.65. The number of aromatic hydroxyl groups is 2. The Morgan fingerprint density at radius 3 is 2.36 bits per heavy atom. The molecule has 3 rings (SSSR count). The lowest BCUT2D eigenvalue weighted by molar-refractivity contribution is -0.277. The Morgan fingerprint density at radius 2 is 1.75 bits per heavy atom. The van der Waals surface area contributed by atoms with Gasteiger partial charge in [-0.3, -0.25) is 4.79 Å². The summed E-state index contributed by atoms with van der Waals surface area (Å²) in [6.45, 7) is 2.87. The molecule has 0 bridgehead atoms. The minimum Gasteiger partial charge on any atom is -0.507 e. The van der Waals surface area contributed by atoms with Crippen LogP contribution in [-0.4, -0.2) is 68.0 Å². The van der Waals surface area contributed by atoms with Crippen LogP contribution in [0.15, 0.2) is 21.3 Å². The van der Waals surface area contributed by atoms with Crippen LogP contribution in [0, 0.1) is 0 Å². The number of phenols is 2.